The summed E-state index contributed by atoms with van der Waals surface area (Å²) in [6.45, 7) is 11.5. The molecular weight excluding hydrogens is 386 g/mol. The van der Waals surface area contributed by atoms with Crippen molar-refractivity contribution >= 4 is 0 Å². The quantitative estimate of drug-likeness (QED) is 0.662. The highest BCUT2D eigenvalue weighted by Gasteiger charge is 2.50. The first-order valence-electron chi connectivity index (χ1n) is 12.9. The Labute approximate surface area is 189 Å². The molecule has 4 heteroatoms. The van der Waals surface area contributed by atoms with E-state index in [1.807, 2.05) is 0 Å². The molecule has 4 fully saturated rings. The number of nitrogens with zero attached hydrogens (tertiary/aromatic N) is 1. The second-order valence-corrected chi connectivity index (χ2v) is 11.3. The van der Waals surface area contributed by atoms with E-state index in [1.54, 1.807) is 5.57 Å². The molecule has 31 heavy (non-hydrogen) atoms. The summed E-state index contributed by atoms with van der Waals surface area (Å²) in [4.78, 5) is 2.63. The van der Waals surface area contributed by atoms with Gasteiger partial charge in [-0.2, -0.15) is 0 Å². The van der Waals surface area contributed by atoms with Crippen LogP contribution in [-0.2, 0) is 4.74 Å². The average molecular weight is 432 g/mol. The number of hydrogen-bond acceptors (Lipinski definition) is 4. The number of ether oxygens (including phenoxy) is 1. The van der Waals surface area contributed by atoms with Crippen molar-refractivity contribution < 1.29 is 14.9 Å². The maximum atomic E-state index is 10.0. The van der Waals surface area contributed by atoms with Gasteiger partial charge in [-0.1, -0.05) is 37.1 Å². The molecule has 0 spiro atoms. The van der Waals surface area contributed by atoms with Gasteiger partial charge in [-0.15, -0.1) is 0 Å². The first kappa shape index (κ1) is 23.5. The Balaban J connectivity index is 1.40. The molecule has 0 amide bonds. The predicted octanol–water partition coefficient (Wildman–Crippen LogP) is 4.71. The predicted molar refractivity (Wildman–Crippen MR) is 126 cm³/mol. The van der Waals surface area contributed by atoms with E-state index in [9.17, 15) is 10.2 Å². The lowest BCUT2D eigenvalue weighted by molar-refractivity contribution is -0.00570. The molecule has 176 valence electrons. The minimum absolute atomic E-state index is 0.379. The molecule has 1 aliphatic heterocycles. The van der Waals surface area contributed by atoms with E-state index in [-0.39, 0.29) is 12.2 Å². The normalized spacial score (nSPS) is 41.9. The SMILES string of the molecule is CC(CCN1CCOCC1C)[C@H]1CC[C@H]2C(=CC=C3C[C@@H](O)C[C@H](O)C3)CCC[C@]12C. The minimum Gasteiger partial charge on any atom is -0.393 e. The fourth-order valence-electron chi connectivity index (χ4n) is 7.41. The van der Waals surface area contributed by atoms with Gasteiger partial charge in [0.25, 0.3) is 0 Å². The third-order valence-electron chi connectivity index (χ3n) is 9.17. The molecular formula is C27H45NO3. The van der Waals surface area contributed by atoms with Gasteiger partial charge in [-0.25, -0.2) is 0 Å². The molecule has 1 heterocycles. The van der Waals surface area contributed by atoms with Gasteiger partial charge in [0.2, 0.25) is 0 Å². The van der Waals surface area contributed by atoms with Crippen LogP contribution in [-0.4, -0.2) is 59.7 Å². The van der Waals surface area contributed by atoms with Crippen LogP contribution >= 0.6 is 0 Å². The number of aliphatic hydroxyl groups is 2. The highest BCUT2D eigenvalue weighted by atomic mass is 16.5. The third kappa shape index (κ3) is 5.29. The molecule has 2 unspecified atom stereocenters. The number of aliphatic hydroxyl groups excluding tert-OH is 2. The molecule has 4 aliphatic rings. The van der Waals surface area contributed by atoms with Crippen molar-refractivity contribution in [2.75, 3.05) is 26.3 Å². The zero-order valence-electron chi connectivity index (χ0n) is 20.1. The van der Waals surface area contributed by atoms with E-state index in [2.05, 4.69) is 37.8 Å². The van der Waals surface area contributed by atoms with Gasteiger partial charge in [0.15, 0.2) is 0 Å². The van der Waals surface area contributed by atoms with Gasteiger partial charge in [0, 0.05) is 12.6 Å². The van der Waals surface area contributed by atoms with E-state index in [4.69, 9.17) is 4.74 Å². The van der Waals surface area contributed by atoms with Gasteiger partial charge in [-0.05, 0) is 94.4 Å². The van der Waals surface area contributed by atoms with Gasteiger partial charge in [0.05, 0.1) is 25.4 Å². The highest BCUT2D eigenvalue weighted by Crippen LogP contribution is 2.59. The lowest BCUT2D eigenvalue weighted by Crippen LogP contribution is -2.45. The molecule has 0 radical (unpaired) electrons. The molecule has 4 nitrogen and oxygen atoms in total. The summed E-state index contributed by atoms with van der Waals surface area (Å²) in [6.07, 6.45) is 13.7. The standard InChI is InChI=1S/C27H45NO3/c1-19(10-12-28-13-14-31-18-20(28)2)25-8-9-26-22(5-4-11-27(25,26)3)7-6-21-15-23(29)17-24(30)16-21/h6-7,19-20,23-26,29-30H,4-5,8-18H2,1-3H3/t19?,20?,23-,24-,25-,26+,27-/m1/s1. The van der Waals surface area contributed by atoms with Crippen LogP contribution in [0.4, 0.5) is 0 Å². The zero-order chi connectivity index (χ0) is 22.0. The van der Waals surface area contributed by atoms with Gasteiger partial charge < -0.3 is 14.9 Å². The Kier molecular flexibility index (Phi) is 7.63. The molecule has 0 aromatic rings. The van der Waals surface area contributed by atoms with Gasteiger partial charge in [0.1, 0.15) is 0 Å². The van der Waals surface area contributed by atoms with Crippen LogP contribution in [0, 0.1) is 23.2 Å². The van der Waals surface area contributed by atoms with Gasteiger partial charge >= 0.3 is 0 Å². The summed E-state index contributed by atoms with van der Waals surface area (Å²) >= 11 is 0. The number of allylic oxidation sites excluding steroid dienone is 3. The number of morpholine rings is 1. The molecule has 1 saturated heterocycles. The van der Waals surface area contributed by atoms with Crippen molar-refractivity contribution in [1.82, 2.24) is 4.90 Å². The average Bonchev–Trinajstić information content (AvgIpc) is 3.08. The maximum absolute atomic E-state index is 10.0. The number of rotatable bonds is 5. The smallest absolute Gasteiger partial charge is 0.0619 e. The van der Waals surface area contributed by atoms with Crippen molar-refractivity contribution in [3.05, 3.63) is 23.3 Å². The van der Waals surface area contributed by atoms with Crippen LogP contribution in [0.2, 0.25) is 0 Å². The van der Waals surface area contributed by atoms with E-state index < -0.39 is 0 Å². The van der Waals surface area contributed by atoms with Crippen LogP contribution in [0.25, 0.3) is 0 Å². The molecule has 3 saturated carbocycles. The molecule has 7 atom stereocenters. The molecule has 0 bridgehead atoms. The second kappa shape index (κ2) is 10.1. The lowest BCUT2D eigenvalue weighted by atomic mass is 9.61. The van der Waals surface area contributed by atoms with E-state index in [0.29, 0.717) is 23.8 Å². The summed E-state index contributed by atoms with van der Waals surface area (Å²) in [5.74, 6) is 2.31. The maximum Gasteiger partial charge on any atom is 0.0619 e. The monoisotopic (exact) mass is 431 g/mol. The summed E-state index contributed by atoms with van der Waals surface area (Å²) in [5.41, 5.74) is 3.28. The number of fused-ring (bicyclic) bond motifs is 1. The van der Waals surface area contributed by atoms with E-state index in [0.717, 1.165) is 44.4 Å². The first-order valence-corrected chi connectivity index (χ1v) is 12.9. The highest BCUT2D eigenvalue weighted by molar-refractivity contribution is 5.26. The van der Waals surface area contributed by atoms with E-state index >= 15 is 0 Å². The van der Waals surface area contributed by atoms with E-state index in [1.165, 1.54) is 50.6 Å². The Bertz CT molecular complexity index is 661. The fraction of sp³-hybridized carbons (Fsp3) is 0.852. The second-order valence-electron chi connectivity index (χ2n) is 11.3. The molecule has 4 rings (SSSR count). The van der Waals surface area contributed by atoms with Crippen LogP contribution in [0.15, 0.2) is 23.3 Å². The van der Waals surface area contributed by atoms with Crippen LogP contribution in [0.1, 0.15) is 78.6 Å². The fourth-order valence-corrected chi connectivity index (χ4v) is 7.41. The Morgan fingerprint density at radius 3 is 2.71 bits per heavy atom. The molecule has 0 aromatic heterocycles. The van der Waals surface area contributed by atoms with Crippen molar-refractivity contribution in [2.24, 2.45) is 23.2 Å². The summed E-state index contributed by atoms with van der Waals surface area (Å²) in [7, 11) is 0. The van der Waals surface area contributed by atoms with Crippen molar-refractivity contribution in [3.8, 4) is 0 Å². The Hall–Kier alpha value is -0.680. The Morgan fingerprint density at radius 1 is 1.19 bits per heavy atom. The summed E-state index contributed by atoms with van der Waals surface area (Å²) < 4.78 is 5.62. The summed E-state index contributed by atoms with van der Waals surface area (Å²) in [6, 6.07) is 0.557. The molecule has 3 aliphatic carbocycles. The van der Waals surface area contributed by atoms with Crippen molar-refractivity contribution in [3.63, 3.8) is 0 Å². The molecule has 0 aromatic carbocycles. The first-order chi connectivity index (χ1) is 14.9. The van der Waals surface area contributed by atoms with Crippen LogP contribution in [0.3, 0.4) is 0 Å². The minimum atomic E-state index is -0.379. The number of hydrogen-bond donors (Lipinski definition) is 2. The summed E-state index contributed by atoms with van der Waals surface area (Å²) in [5, 5.41) is 20.0. The zero-order valence-corrected chi connectivity index (χ0v) is 20.1. The topological polar surface area (TPSA) is 52.9 Å². The largest absolute Gasteiger partial charge is 0.393 e. The van der Waals surface area contributed by atoms with Gasteiger partial charge in [-0.3, -0.25) is 4.90 Å². The van der Waals surface area contributed by atoms with Crippen LogP contribution in [0.5, 0.6) is 0 Å². The Morgan fingerprint density at radius 2 is 1.97 bits per heavy atom. The van der Waals surface area contributed by atoms with Crippen molar-refractivity contribution in [1.29, 1.82) is 0 Å². The third-order valence-corrected chi connectivity index (χ3v) is 9.17. The molecule has 2 N–H and O–H groups in total. The van der Waals surface area contributed by atoms with Crippen molar-refractivity contribution in [2.45, 2.75) is 96.8 Å². The van der Waals surface area contributed by atoms with Crippen LogP contribution < -0.4 is 0 Å². The lowest BCUT2D eigenvalue weighted by Gasteiger charge is -2.45.